The highest BCUT2D eigenvalue weighted by Crippen LogP contribution is 2.45. The minimum atomic E-state index is -4.83. The van der Waals surface area contributed by atoms with Gasteiger partial charge in [0.05, 0.1) is 12.8 Å². The van der Waals surface area contributed by atoms with E-state index in [0.29, 0.717) is 16.9 Å². The fourth-order valence-electron chi connectivity index (χ4n) is 3.70. The highest BCUT2D eigenvalue weighted by molar-refractivity contribution is 6.30. The van der Waals surface area contributed by atoms with Crippen molar-refractivity contribution in [3.63, 3.8) is 0 Å². The Morgan fingerprint density at radius 2 is 1.94 bits per heavy atom. The minimum Gasteiger partial charge on any atom is -0.496 e. The first-order chi connectivity index (χ1) is 15.1. The molecule has 1 aromatic heterocycles. The van der Waals surface area contributed by atoms with Crippen molar-refractivity contribution < 1.29 is 32.2 Å². The van der Waals surface area contributed by atoms with Crippen LogP contribution in [0, 0.1) is 6.92 Å². The zero-order valence-electron chi connectivity index (χ0n) is 17.1. The number of halogens is 4. The molecule has 0 amide bonds. The highest BCUT2D eigenvalue weighted by Gasteiger charge is 2.44. The van der Waals surface area contributed by atoms with Crippen LogP contribution >= 0.6 is 11.6 Å². The maximum atomic E-state index is 13.8. The van der Waals surface area contributed by atoms with Crippen LogP contribution in [-0.2, 0) is 20.4 Å². The van der Waals surface area contributed by atoms with Gasteiger partial charge >= 0.3 is 12.1 Å². The van der Waals surface area contributed by atoms with Crippen LogP contribution < -0.4 is 4.74 Å². The number of carbonyl (C=O) groups excluding carboxylic acids is 1. The summed E-state index contributed by atoms with van der Waals surface area (Å²) in [4.78, 5) is 11.8. The van der Waals surface area contributed by atoms with Crippen molar-refractivity contribution in [1.29, 1.82) is 0 Å². The molecule has 0 bridgehead atoms. The molecule has 0 fully saturated rings. The lowest BCUT2D eigenvalue weighted by Crippen LogP contribution is -2.18. The summed E-state index contributed by atoms with van der Waals surface area (Å²) in [6, 6.07) is 9.63. The number of aromatic nitrogens is 3. The Balaban J connectivity index is 2.04. The van der Waals surface area contributed by atoms with Crippen LogP contribution in [0.5, 0.6) is 5.75 Å². The average Bonchev–Trinajstić information content (AvgIpc) is 3.11. The molecule has 11 heteroatoms. The normalized spacial score (nSPS) is 17.8. The number of rotatable bonds is 3. The van der Waals surface area contributed by atoms with Crippen LogP contribution in [0.4, 0.5) is 13.2 Å². The summed E-state index contributed by atoms with van der Waals surface area (Å²) in [7, 11) is 1.47. The molecule has 0 saturated heterocycles. The number of carbonyl (C=O) groups is 1. The quantitative estimate of drug-likeness (QED) is 0.508. The largest absolute Gasteiger partial charge is 0.496 e. The van der Waals surface area contributed by atoms with Gasteiger partial charge in [-0.2, -0.15) is 13.2 Å². The topological polar surface area (TPSA) is 75.5 Å². The Hall–Kier alpha value is -3.11. The number of ether oxygens (including phenoxy) is 3. The second-order valence-electron chi connectivity index (χ2n) is 7.07. The van der Waals surface area contributed by atoms with E-state index in [2.05, 4.69) is 10.2 Å². The first-order valence-corrected chi connectivity index (χ1v) is 9.78. The standard InChI is InChI=1S/C21H17ClF3N3O4/c1-10-5-4-6-13(16(10)30-3)17-14-9-12(22)7-8-15(14)28-18(19(32-17)31-11(2)29)26-27-20(28)21(23,24)25/h4-9,17,19H,1-3H3/t17-,19+/m1/s1. The van der Waals surface area contributed by atoms with Crippen molar-refractivity contribution in [2.24, 2.45) is 0 Å². The van der Waals surface area contributed by atoms with E-state index >= 15 is 0 Å². The molecule has 0 saturated carbocycles. The van der Waals surface area contributed by atoms with Crippen molar-refractivity contribution in [3.05, 3.63) is 69.8 Å². The van der Waals surface area contributed by atoms with Gasteiger partial charge in [-0.1, -0.05) is 29.8 Å². The lowest BCUT2D eigenvalue weighted by Gasteiger charge is -2.24. The number of alkyl halides is 3. The van der Waals surface area contributed by atoms with Gasteiger partial charge in [-0.15, -0.1) is 10.2 Å². The van der Waals surface area contributed by atoms with Gasteiger partial charge in [-0.25, -0.2) is 0 Å². The lowest BCUT2D eigenvalue weighted by molar-refractivity contribution is -0.189. The SMILES string of the molecule is COc1c(C)cccc1[C@H]1O[C@H](OC(C)=O)c2nnc(C(F)(F)F)n2-c2ccc(Cl)cc21. The van der Waals surface area contributed by atoms with Crippen LogP contribution in [-0.4, -0.2) is 27.8 Å². The van der Waals surface area contributed by atoms with Crippen LogP contribution in [0.1, 0.15) is 47.7 Å². The lowest BCUT2D eigenvalue weighted by atomic mass is 9.97. The number of aryl methyl sites for hydroxylation is 1. The second-order valence-corrected chi connectivity index (χ2v) is 7.51. The molecule has 1 aliphatic heterocycles. The predicted octanol–water partition coefficient (Wildman–Crippen LogP) is 4.94. The molecular formula is C21H17ClF3N3O4. The Bertz CT molecular complexity index is 1200. The van der Waals surface area contributed by atoms with E-state index in [1.54, 1.807) is 12.1 Å². The molecule has 1 aliphatic rings. The number of methoxy groups -OCH3 is 1. The third-order valence-corrected chi connectivity index (χ3v) is 5.16. The maximum absolute atomic E-state index is 13.8. The number of benzene rings is 2. The zero-order chi connectivity index (χ0) is 23.2. The predicted molar refractivity (Wildman–Crippen MR) is 107 cm³/mol. The molecule has 0 aliphatic carbocycles. The van der Waals surface area contributed by atoms with E-state index in [4.69, 9.17) is 25.8 Å². The van der Waals surface area contributed by atoms with E-state index in [-0.39, 0.29) is 16.5 Å². The highest BCUT2D eigenvalue weighted by atomic mass is 35.5. The summed E-state index contributed by atoms with van der Waals surface area (Å²) >= 11 is 6.20. The van der Waals surface area contributed by atoms with Crippen molar-refractivity contribution >= 4 is 17.6 Å². The number of hydrogen-bond acceptors (Lipinski definition) is 6. The Kier molecular flexibility index (Phi) is 5.59. The molecule has 0 unspecified atom stereocenters. The first kappa shape index (κ1) is 22.1. The van der Waals surface area contributed by atoms with Crippen molar-refractivity contribution in [1.82, 2.24) is 14.8 Å². The van der Waals surface area contributed by atoms with Crippen LogP contribution in [0.15, 0.2) is 36.4 Å². The summed E-state index contributed by atoms with van der Waals surface area (Å²) in [5.41, 5.74) is 1.67. The summed E-state index contributed by atoms with van der Waals surface area (Å²) in [6.45, 7) is 2.93. The van der Waals surface area contributed by atoms with Crippen molar-refractivity contribution in [3.8, 4) is 11.4 Å². The number of nitrogens with zero attached hydrogens (tertiary/aromatic N) is 3. The van der Waals surface area contributed by atoms with Gasteiger partial charge in [0.25, 0.3) is 6.29 Å². The fourth-order valence-corrected chi connectivity index (χ4v) is 3.88. The number of hydrogen-bond donors (Lipinski definition) is 0. The molecule has 0 spiro atoms. The van der Waals surface area contributed by atoms with Gasteiger partial charge in [0.15, 0.2) is 0 Å². The Labute approximate surface area is 185 Å². The number of fused-ring (bicyclic) bond motifs is 3. The monoisotopic (exact) mass is 467 g/mol. The summed E-state index contributed by atoms with van der Waals surface area (Å²) in [6.07, 6.45) is -7.40. The molecule has 2 heterocycles. The maximum Gasteiger partial charge on any atom is 0.452 e. The molecule has 168 valence electrons. The average molecular weight is 468 g/mol. The molecule has 0 radical (unpaired) electrons. The molecular weight excluding hydrogens is 451 g/mol. The van der Waals surface area contributed by atoms with Gasteiger partial charge in [-0.3, -0.25) is 9.36 Å². The summed E-state index contributed by atoms with van der Waals surface area (Å²) in [5, 5.41) is 7.22. The van der Waals surface area contributed by atoms with Gasteiger partial charge in [0, 0.05) is 23.1 Å². The molecule has 7 nitrogen and oxygen atoms in total. The van der Waals surface area contributed by atoms with Crippen molar-refractivity contribution in [2.75, 3.05) is 7.11 Å². The molecule has 2 aromatic carbocycles. The van der Waals surface area contributed by atoms with Gasteiger partial charge in [0.2, 0.25) is 11.6 Å². The molecule has 2 atom stereocenters. The third-order valence-electron chi connectivity index (χ3n) is 4.93. The van der Waals surface area contributed by atoms with Crippen molar-refractivity contribution in [2.45, 2.75) is 32.4 Å². The summed E-state index contributed by atoms with van der Waals surface area (Å²) < 4.78 is 58.9. The summed E-state index contributed by atoms with van der Waals surface area (Å²) in [5.74, 6) is -1.91. The number of esters is 1. The van der Waals surface area contributed by atoms with Gasteiger partial charge in [-0.05, 0) is 30.7 Å². The first-order valence-electron chi connectivity index (χ1n) is 9.40. The molecule has 4 rings (SSSR count). The van der Waals surface area contributed by atoms with E-state index in [0.717, 1.165) is 17.1 Å². The second kappa shape index (κ2) is 8.10. The Morgan fingerprint density at radius 3 is 2.59 bits per heavy atom. The van der Waals surface area contributed by atoms with Crippen LogP contribution in [0.3, 0.4) is 0 Å². The van der Waals surface area contributed by atoms with E-state index in [9.17, 15) is 18.0 Å². The van der Waals surface area contributed by atoms with Gasteiger partial charge < -0.3 is 14.2 Å². The fraction of sp³-hybridized carbons (Fsp3) is 0.286. The van der Waals surface area contributed by atoms with Crippen LogP contribution in [0.25, 0.3) is 5.69 Å². The smallest absolute Gasteiger partial charge is 0.452 e. The minimum absolute atomic E-state index is 0.0879. The molecule has 32 heavy (non-hydrogen) atoms. The zero-order valence-corrected chi connectivity index (χ0v) is 17.9. The van der Waals surface area contributed by atoms with Crippen LogP contribution in [0.2, 0.25) is 5.02 Å². The van der Waals surface area contributed by atoms with E-state index in [1.807, 2.05) is 13.0 Å². The molecule has 0 N–H and O–H groups in total. The number of para-hydroxylation sites is 1. The molecule has 3 aromatic rings. The third kappa shape index (κ3) is 3.80. The van der Waals surface area contributed by atoms with E-state index in [1.165, 1.54) is 25.3 Å². The van der Waals surface area contributed by atoms with Gasteiger partial charge in [0.1, 0.15) is 11.9 Å². The van der Waals surface area contributed by atoms with E-state index < -0.39 is 30.4 Å². The Morgan fingerprint density at radius 1 is 1.19 bits per heavy atom.